The van der Waals surface area contributed by atoms with Crippen molar-refractivity contribution in [3.8, 4) is 5.75 Å². The summed E-state index contributed by atoms with van der Waals surface area (Å²) < 4.78 is 30.6. The predicted octanol–water partition coefficient (Wildman–Crippen LogP) is 2.13. The van der Waals surface area contributed by atoms with Crippen LogP contribution in [0.4, 0.5) is 9.18 Å². The van der Waals surface area contributed by atoms with Gasteiger partial charge in [0, 0.05) is 41.9 Å². The Morgan fingerprint density at radius 1 is 1.52 bits per heavy atom. The largest absolute Gasteiger partial charge is 0.491 e. The van der Waals surface area contributed by atoms with Crippen LogP contribution in [0.2, 0.25) is 0 Å². The number of nitrogens with zero attached hydrogens (tertiary/aromatic N) is 1. The lowest BCUT2D eigenvalue weighted by molar-refractivity contribution is 0.195. The summed E-state index contributed by atoms with van der Waals surface area (Å²) in [5.74, 6) is 1.14. The molecule has 1 fully saturated rings. The van der Waals surface area contributed by atoms with Crippen LogP contribution in [0.15, 0.2) is 18.2 Å². The molecule has 0 radical (unpaired) electrons. The van der Waals surface area contributed by atoms with Crippen molar-refractivity contribution in [1.82, 2.24) is 10.2 Å². The first-order valence-corrected chi connectivity index (χ1v) is 9.27. The smallest absolute Gasteiger partial charge is 0.317 e. The zero-order valence-corrected chi connectivity index (χ0v) is 14.3. The van der Waals surface area contributed by atoms with Crippen LogP contribution < -0.4 is 10.1 Å². The van der Waals surface area contributed by atoms with Crippen molar-refractivity contribution in [3.05, 3.63) is 29.6 Å². The molecule has 2 atom stereocenters. The minimum atomic E-state index is -0.858. The van der Waals surface area contributed by atoms with Gasteiger partial charge >= 0.3 is 6.03 Å². The van der Waals surface area contributed by atoms with E-state index in [0.29, 0.717) is 36.8 Å². The first-order valence-electron chi connectivity index (χ1n) is 7.78. The lowest BCUT2D eigenvalue weighted by Crippen LogP contribution is -2.42. The minimum Gasteiger partial charge on any atom is -0.491 e. The van der Waals surface area contributed by atoms with Crippen LogP contribution in [0.1, 0.15) is 19.4 Å². The van der Waals surface area contributed by atoms with Crippen molar-refractivity contribution < 1.29 is 18.1 Å². The first-order chi connectivity index (χ1) is 11.0. The monoisotopic (exact) mass is 342 g/mol. The molecule has 0 bridgehead atoms. The summed E-state index contributed by atoms with van der Waals surface area (Å²) in [7, 11) is -0.858. The van der Waals surface area contributed by atoms with E-state index in [1.54, 1.807) is 24.0 Å². The molecule has 5 nitrogen and oxygen atoms in total. The molecule has 1 heterocycles. The molecule has 0 spiro atoms. The Kier molecular flexibility index (Phi) is 6.38. The number of halogens is 1. The number of hydrogen-bond donors (Lipinski definition) is 1. The van der Waals surface area contributed by atoms with Gasteiger partial charge in [0.25, 0.3) is 0 Å². The van der Waals surface area contributed by atoms with Gasteiger partial charge in [0.05, 0.1) is 6.61 Å². The third-order valence-corrected chi connectivity index (χ3v) is 5.20. The molecule has 0 aliphatic carbocycles. The molecule has 0 unspecified atom stereocenters. The summed E-state index contributed by atoms with van der Waals surface area (Å²) in [6.45, 7) is 5.52. The van der Waals surface area contributed by atoms with Gasteiger partial charge in [-0.3, -0.25) is 4.21 Å². The van der Waals surface area contributed by atoms with E-state index in [9.17, 15) is 13.4 Å². The highest BCUT2D eigenvalue weighted by molar-refractivity contribution is 7.85. The molecule has 0 saturated carbocycles. The van der Waals surface area contributed by atoms with Crippen molar-refractivity contribution >= 4 is 16.8 Å². The molecule has 1 N–H and O–H groups in total. The van der Waals surface area contributed by atoms with Crippen molar-refractivity contribution in [2.45, 2.75) is 20.4 Å². The number of carbonyl (C=O) groups excluding carboxylic acids is 1. The minimum absolute atomic E-state index is 0.204. The van der Waals surface area contributed by atoms with Gasteiger partial charge in [-0.25, -0.2) is 9.18 Å². The topological polar surface area (TPSA) is 58.6 Å². The van der Waals surface area contributed by atoms with E-state index in [2.05, 4.69) is 5.32 Å². The zero-order chi connectivity index (χ0) is 16.8. The fourth-order valence-corrected chi connectivity index (χ4v) is 3.86. The molecule has 128 valence electrons. The number of urea groups is 1. The molecule has 1 aromatic carbocycles. The highest BCUT2D eigenvalue weighted by Crippen LogP contribution is 2.18. The van der Waals surface area contributed by atoms with Crippen molar-refractivity contribution in [2.24, 2.45) is 5.92 Å². The molecule has 1 saturated heterocycles. The van der Waals surface area contributed by atoms with Gasteiger partial charge in [-0.15, -0.1) is 0 Å². The Bertz CT molecular complexity index is 582. The van der Waals surface area contributed by atoms with E-state index in [0.717, 1.165) is 0 Å². The number of carbonyl (C=O) groups is 1. The maximum absolute atomic E-state index is 13.8. The number of rotatable bonds is 4. The summed E-state index contributed by atoms with van der Waals surface area (Å²) in [5.41, 5.74) is 0.672. The lowest BCUT2D eigenvalue weighted by Gasteiger charge is -2.22. The van der Waals surface area contributed by atoms with E-state index in [1.165, 1.54) is 6.07 Å². The number of hydrogen-bond acceptors (Lipinski definition) is 3. The van der Waals surface area contributed by atoms with Crippen LogP contribution in [0, 0.1) is 11.7 Å². The third-order valence-electron chi connectivity index (χ3n) is 3.62. The van der Waals surface area contributed by atoms with Crippen LogP contribution in [-0.4, -0.2) is 46.3 Å². The molecule has 1 aliphatic rings. The molecular weight excluding hydrogens is 319 g/mol. The maximum Gasteiger partial charge on any atom is 0.317 e. The normalized spacial score (nSPS) is 21.6. The summed E-state index contributed by atoms with van der Waals surface area (Å²) in [6.07, 6.45) is 0. The Labute approximate surface area is 138 Å². The third kappa shape index (κ3) is 5.20. The zero-order valence-electron chi connectivity index (χ0n) is 13.5. The molecule has 1 aromatic rings. The number of amides is 2. The Morgan fingerprint density at radius 2 is 2.30 bits per heavy atom. The SMILES string of the molecule is CCOc1ccc(CNC(=O)N2CC[S@@](=O)C[C@@H](C)C2)cc1F. The highest BCUT2D eigenvalue weighted by atomic mass is 32.2. The van der Waals surface area contributed by atoms with Crippen LogP contribution in [0.25, 0.3) is 0 Å². The van der Waals surface area contributed by atoms with Crippen LogP contribution in [0.5, 0.6) is 5.75 Å². The van der Waals surface area contributed by atoms with E-state index in [-0.39, 0.29) is 24.2 Å². The van der Waals surface area contributed by atoms with E-state index < -0.39 is 16.6 Å². The van der Waals surface area contributed by atoms with Gasteiger partial charge in [0.1, 0.15) is 0 Å². The van der Waals surface area contributed by atoms with Gasteiger partial charge in [-0.05, 0) is 30.5 Å². The number of benzene rings is 1. The average Bonchev–Trinajstić information content (AvgIpc) is 2.68. The molecular formula is C16H23FN2O3S. The van der Waals surface area contributed by atoms with Crippen LogP contribution >= 0.6 is 0 Å². The summed E-state index contributed by atoms with van der Waals surface area (Å²) in [6, 6.07) is 4.46. The maximum atomic E-state index is 13.8. The van der Waals surface area contributed by atoms with Gasteiger partial charge in [-0.1, -0.05) is 13.0 Å². The predicted molar refractivity (Wildman–Crippen MR) is 88.4 cm³/mol. The molecule has 23 heavy (non-hydrogen) atoms. The molecule has 0 aromatic heterocycles. The number of ether oxygens (including phenoxy) is 1. The van der Waals surface area contributed by atoms with Crippen LogP contribution in [-0.2, 0) is 17.3 Å². The Balaban J connectivity index is 1.91. The van der Waals surface area contributed by atoms with Gasteiger partial charge in [-0.2, -0.15) is 0 Å². The Morgan fingerprint density at radius 3 is 3.00 bits per heavy atom. The van der Waals surface area contributed by atoms with E-state index >= 15 is 0 Å². The van der Waals surface area contributed by atoms with Gasteiger partial charge in [0.15, 0.2) is 11.6 Å². The van der Waals surface area contributed by atoms with E-state index in [1.807, 2.05) is 6.92 Å². The average molecular weight is 342 g/mol. The molecule has 7 heteroatoms. The van der Waals surface area contributed by atoms with Gasteiger partial charge in [0.2, 0.25) is 0 Å². The fraction of sp³-hybridized carbons (Fsp3) is 0.562. The van der Waals surface area contributed by atoms with E-state index in [4.69, 9.17) is 4.74 Å². The van der Waals surface area contributed by atoms with Crippen molar-refractivity contribution in [1.29, 1.82) is 0 Å². The molecule has 2 amide bonds. The quantitative estimate of drug-likeness (QED) is 0.912. The summed E-state index contributed by atoms with van der Waals surface area (Å²) in [4.78, 5) is 13.9. The number of nitrogens with one attached hydrogen (secondary N) is 1. The Hall–Kier alpha value is -1.63. The van der Waals surface area contributed by atoms with Crippen LogP contribution in [0.3, 0.4) is 0 Å². The second-order valence-electron chi connectivity index (χ2n) is 5.72. The van der Waals surface area contributed by atoms with Crippen molar-refractivity contribution in [3.63, 3.8) is 0 Å². The summed E-state index contributed by atoms with van der Waals surface area (Å²) in [5, 5.41) is 2.79. The van der Waals surface area contributed by atoms with Gasteiger partial charge < -0.3 is 15.0 Å². The summed E-state index contributed by atoms with van der Waals surface area (Å²) >= 11 is 0. The standard InChI is InChI=1S/C16H23FN2O3S/c1-3-22-15-5-4-13(8-14(15)17)9-18-16(20)19-6-7-23(21)11-12(2)10-19/h4-5,8,12H,3,6-7,9-11H2,1-2H3,(H,18,20)/t12-,23+/m0/s1. The second kappa shape index (κ2) is 8.29. The molecule has 1 aliphatic heterocycles. The fourth-order valence-electron chi connectivity index (χ4n) is 2.53. The lowest BCUT2D eigenvalue weighted by atomic mass is 10.2. The second-order valence-corrected chi connectivity index (χ2v) is 7.34. The highest BCUT2D eigenvalue weighted by Gasteiger charge is 2.22. The first kappa shape index (κ1) is 17.7. The van der Waals surface area contributed by atoms with Crippen molar-refractivity contribution in [2.75, 3.05) is 31.2 Å². The molecule has 2 rings (SSSR count).